The van der Waals surface area contributed by atoms with E-state index in [1.807, 2.05) is 12.1 Å². The van der Waals surface area contributed by atoms with Crippen molar-refractivity contribution < 1.29 is 17.9 Å². The number of anilines is 2. The summed E-state index contributed by atoms with van der Waals surface area (Å²) in [5.41, 5.74) is 1.87. The van der Waals surface area contributed by atoms with Crippen molar-refractivity contribution >= 4 is 27.4 Å². The van der Waals surface area contributed by atoms with Gasteiger partial charge in [-0.2, -0.15) is 0 Å². The van der Waals surface area contributed by atoms with Gasteiger partial charge in [-0.25, -0.2) is 23.2 Å². The van der Waals surface area contributed by atoms with Crippen LogP contribution in [-0.4, -0.2) is 61.0 Å². The fraction of sp³-hybridized carbons (Fsp3) is 0.560. The van der Waals surface area contributed by atoms with E-state index in [0.29, 0.717) is 42.8 Å². The van der Waals surface area contributed by atoms with Gasteiger partial charge in [-0.05, 0) is 71.2 Å². The Labute approximate surface area is 207 Å². The fourth-order valence-corrected chi connectivity index (χ4v) is 4.89. The Kier molecular flexibility index (Phi) is 7.32. The number of amides is 2. The summed E-state index contributed by atoms with van der Waals surface area (Å²) in [5, 5.41) is 5.81. The van der Waals surface area contributed by atoms with E-state index >= 15 is 0 Å². The Morgan fingerprint density at radius 3 is 2.49 bits per heavy atom. The van der Waals surface area contributed by atoms with Gasteiger partial charge in [0.2, 0.25) is 0 Å². The van der Waals surface area contributed by atoms with Gasteiger partial charge < -0.3 is 20.3 Å². The lowest BCUT2D eigenvalue weighted by Gasteiger charge is -2.34. The molecule has 0 bridgehead atoms. The van der Waals surface area contributed by atoms with Gasteiger partial charge in [0.1, 0.15) is 5.82 Å². The van der Waals surface area contributed by atoms with Gasteiger partial charge in [-0.15, -0.1) is 0 Å². The third-order valence-corrected chi connectivity index (χ3v) is 9.08. The fourth-order valence-electron chi connectivity index (χ4n) is 3.92. The highest BCUT2D eigenvalue weighted by Gasteiger charge is 2.31. The van der Waals surface area contributed by atoms with E-state index in [1.54, 1.807) is 39.0 Å². The maximum Gasteiger partial charge on any atom is 0.319 e. The molecule has 1 aromatic carbocycles. The molecule has 35 heavy (non-hydrogen) atoms. The van der Waals surface area contributed by atoms with Crippen molar-refractivity contribution in [3.8, 4) is 11.4 Å². The average Bonchev–Trinajstić information content (AvgIpc) is 2.76. The maximum atomic E-state index is 12.9. The minimum absolute atomic E-state index is 0.110. The van der Waals surface area contributed by atoms with Gasteiger partial charge in [-0.1, -0.05) is 0 Å². The Hall–Kier alpha value is -2.72. The summed E-state index contributed by atoms with van der Waals surface area (Å²) in [5.74, 6) is 0.969. The minimum Gasteiger partial charge on any atom is -0.377 e. The second kappa shape index (κ2) is 10.1. The van der Waals surface area contributed by atoms with Crippen LogP contribution in [0.3, 0.4) is 0 Å². The minimum atomic E-state index is -3.43. The summed E-state index contributed by atoms with van der Waals surface area (Å²) >= 11 is 0. The van der Waals surface area contributed by atoms with Gasteiger partial charge in [0.15, 0.2) is 15.7 Å². The first kappa shape index (κ1) is 25.4. The van der Waals surface area contributed by atoms with Gasteiger partial charge in [0.25, 0.3) is 0 Å². The number of nitrogens with zero attached hydrogens (tertiary/aromatic N) is 3. The molecule has 2 aliphatic rings. The van der Waals surface area contributed by atoms with Crippen LogP contribution in [0.25, 0.3) is 11.4 Å². The number of urea groups is 1. The number of carbonyl (C=O) groups is 1. The number of rotatable bonds is 6. The molecule has 1 aromatic heterocycles. The molecule has 190 valence electrons. The van der Waals surface area contributed by atoms with E-state index in [-0.39, 0.29) is 23.9 Å². The molecule has 1 saturated carbocycles. The molecule has 4 rings (SSSR count). The molecule has 0 radical (unpaired) electrons. The molecule has 2 amide bonds. The van der Waals surface area contributed by atoms with Crippen molar-refractivity contribution in [1.29, 1.82) is 0 Å². The summed E-state index contributed by atoms with van der Waals surface area (Å²) < 4.78 is 30.5. The second-order valence-corrected chi connectivity index (χ2v) is 13.1. The first-order valence-corrected chi connectivity index (χ1v) is 13.8. The zero-order valence-electron chi connectivity index (χ0n) is 20.9. The van der Waals surface area contributed by atoms with Crippen molar-refractivity contribution in [1.82, 2.24) is 15.3 Å². The summed E-state index contributed by atoms with van der Waals surface area (Å²) in [6.45, 7) is 8.98. The van der Waals surface area contributed by atoms with Crippen LogP contribution in [-0.2, 0) is 20.3 Å². The van der Waals surface area contributed by atoms with E-state index in [9.17, 15) is 13.2 Å². The van der Waals surface area contributed by atoms with Crippen LogP contribution in [0.2, 0.25) is 0 Å². The van der Waals surface area contributed by atoms with E-state index in [1.165, 1.54) is 0 Å². The van der Waals surface area contributed by atoms with Crippen molar-refractivity contribution in [2.75, 3.05) is 30.0 Å². The van der Waals surface area contributed by atoms with E-state index < -0.39 is 14.6 Å². The summed E-state index contributed by atoms with van der Waals surface area (Å²) in [6.07, 6.45) is 3.20. The number of hydrogen-bond acceptors (Lipinski definition) is 7. The Morgan fingerprint density at radius 1 is 1.17 bits per heavy atom. The highest BCUT2D eigenvalue weighted by molar-refractivity contribution is 7.91. The molecule has 1 atom stereocenters. The van der Waals surface area contributed by atoms with Crippen LogP contribution < -0.4 is 15.5 Å². The normalized spacial score (nSPS) is 19.2. The maximum absolute atomic E-state index is 12.9. The standard InChI is InChI=1S/C25H35N5O4S/c1-17-15-34-13-12-30(17)22-14-21(16-35(32,33)25(2,3)4)26-23(29-22)18-8-10-20(11-9-18)28-24(31)27-19-6-5-7-19/h8-11,14,17,19H,5-7,12-13,15-16H2,1-4H3,(H2,27,28,31)/t17-/m0/s1. The molecule has 2 aromatic rings. The molecule has 1 aliphatic carbocycles. The first-order valence-electron chi connectivity index (χ1n) is 12.1. The number of benzene rings is 1. The number of morpholine rings is 1. The van der Waals surface area contributed by atoms with Crippen LogP contribution in [0.15, 0.2) is 30.3 Å². The topological polar surface area (TPSA) is 114 Å². The van der Waals surface area contributed by atoms with E-state index in [4.69, 9.17) is 9.72 Å². The molecule has 0 unspecified atom stereocenters. The molecule has 0 spiro atoms. The van der Waals surface area contributed by atoms with Crippen molar-refractivity contribution in [2.24, 2.45) is 0 Å². The third-order valence-electron chi connectivity index (χ3n) is 6.54. The van der Waals surface area contributed by atoms with Crippen LogP contribution >= 0.6 is 0 Å². The largest absolute Gasteiger partial charge is 0.377 e. The quantitative estimate of drug-likeness (QED) is 0.620. The average molecular weight is 502 g/mol. The number of sulfone groups is 1. The third kappa shape index (κ3) is 6.10. The summed E-state index contributed by atoms with van der Waals surface area (Å²) in [6, 6.07) is 9.21. The molecule has 1 aliphatic heterocycles. The number of ether oxygens (including phenoxy) is 1. The molecule has 2 heterocycles. The molecule has 2 fully saturated rings. The van der Waals surface area contributed by atoms with Crippen molar-refractivity contribution in [3.63, 3.8) is 0 Å². The Balaban J connectivity index is 1.61. The second-order valence-electron chi connectivity index (χ2n) is 10.3. The predicted molar refractivity (Wildman–Crippen MR) is 137 cm³/mol. The smallest absolute Gasteiger partial charge is 0.319 e. The van der Waals surface area contributed by atoms with Crippen molar-refractivity contribution in [3.05, 3.63) is 36.0 Å². The van der Waals surface area contributed by atoms with Gasteiger partial charge in [0.05, 0.1) is 35.4 Å². The number of hydrogen-bond donors (Lipinski definition) is 2. The highest BCUT2D eigenvalue weighted by atomic mass is 32.2. The molecule has 9 nitrogen and oxygen atoms in total. The zero-order valence-corrected chi connectivity index (χ0v) is 21.7. The van der Waals surface area contributed by atoms with Crippen LogP contribution in [0, 0.1) is 0 Å². The van der Waals surface area contributed by atoms with Gasteiger partial charge in [0, 0.05) is 29.9 Å². The molecule has 10 heteroatoms. The Bertz CT molecular complexity index is 1160. The molecule has 1 saturated heterocycles. The van der Waals surface area contributed by atoms with E-state index in [2.05, 4.69) is 27.4 Å². The zero-order chi connectivity index (χ0) is 25.2. The van der Waals surface area contributed by atoms with Gasteiger partial charge in [-0.3, -0.25) is 0 Å². The monoisotopic (exact) mass is 501 g/mol. The summed E-state index contributed by atoms with van der Waals surface area (Å²) in [4.78, 5) is 23.7. The lowest BCUT2D eigenvalue weighted by molar-refractivity contribution is 0.0985. The van der Waals surface area contributed by atoms with Crippen molar-refractivity contribution in [2.45, 2.75) is 69.5 Å². The SMILES string of the molecule is C[C@H]1COCCN1c1cc(CS(=O)(=O)C(C)(C)C)nc(-c2ccc(NC(=O)NC3CCC3)cc2)n1. The molecular weight excluding hydrogens is 466 g/mol. The van der Waals surface area contributed by atoms with Crippen LogP contribution in [0.1, 0.15) is 52.7 Å². The number of carbonyl (C=O) groups excluding carboxylic acids is 1. The van der Waals surface area contributed by atoms with Crippen LogP contribution in [0.4, 0.5) is 16.3 Å². The lowest BCUT2D eigenvalue weighted by atomic mass is 9.93. The Morgan fingerprint density at radius 2 is 1.89 bits per heavy atom. The van der Waals surface area contributed by atoms with Gasteiger partial charge >= 0.3 is 6.03 Å². The number of aromatic nitrogens is 2. The first-order chi connectivity index (χ1) is 16.5. The number of nitrogens with one attached hydrogen (secondary N) is 2. The van der Waals surface area contributed by atoms with Crippen LogP contribution in [0.5, 0.6) is 0 Å². The lowest BCUT2D eigenvalue weighted by Crippen LogP contribution is -2.44. The highest BCUT2D eigenvalue weighted by Crippen LogP contribution is 2.27. The van der Waals surface area contributed by atoms with E-state index in [0.717, 1.165) is 24.8 Å². The molecule has 2 N–H and O–H groups in total. The summed E-state index contributed by atoms with van der Waals surface area (Å²) in [7, 11) is -3.43. The predicted octanol–water partition coefficient (Wildman–Crippen LogP) is 3.76. The molecular formula is C25H35N5O4S.